The Hall–Kier alpha value is -2.19. The number of Topliss-reactive ketones (excluding diaryl/α,β-unsaturated/α-hetero) is 1. The van der Waals surface area contributed by atoms with Crippen LogP contribution < -0.4 is 4.90 Å². The zero-order chi connectivity index (χ0) is 14.8. The minimum absolute atomic E-state index is 0.283. The Labute approximate surface area is 123 Å². The van der Waals surface area contributed by atoms with Crippen LogP contribution in [0, 0.1) is 11.3 Å². The molecular weight excluding hydrogens is 266 g/mol. The highest BCUT2D eigenvalue weighted by molar-refractivity contribution is 6.52. The van der Waals surface area contributed by atoms with E-state index in [1.54, 1.807) is 18.2 Å². The topological polar surface area (TPSA) is 64.4 Å². The van der Waals surface area contributed by atoms with E-state index >= 15 is 0 Å². The fourth-order valence-electron chi connectivity index (χ4n) is 3.23. The van der Waals surface area contributed by atoms with Crippen molar-refractivity contribution < 1.29 is 9.59 Å². The number of carbonyl (C=O) groups excluding carboxylic acids is 2. The van der Waals surface area contributed by atoms with Crippen molar-refractivity contribution in [2.45, 2.75) is 31.7 Å². The van der Waals surface area contributed by atoms with E-state index in [0.717, 1.165) is 25.7 Å². The molecule has 1 aromatic carbocycles. The Kier molecular flexibility index (Phi) is 3.72. The molecule has 1 fully saturated rings. The molecule has 0 N–H and O–H groups in total. The van der Waals surface area contributed by atoms with E-state index in [1.165, 1.54) is 4.90 Å². The van der Waals surface area contributed by atoms with Crippen LogP contribution in [0.4, 0.5) is 5.69 Å². The first-order valence-electron chi connectivity index (χ1n) is 7.28. The van der Waals surface area contributed by atoms with Crippen molar-refractivity contribution in [3.63, 3.8) is 0 Å². The smallest absolute Gasteiger partial charge is 0.291 e. The molecule has 1 aromatic rings. The van der Waals surface area contributed by atoms with E-state index in [4.69, 9.17) is 5.26 Å². The molecule has 5 heteroatoms. The third-order valence-electron chi connectivity index (χ3n) is 4.32. The second-order valence-corrected chi connectivity index (χ2v) is 5.56. The molecule has 0 atom stereocenters. The van der Waals surface area contributed by atoms with E-state index in [2.05, 4.69) is 6.07 Å². The number of nitriles is 1. The van der Waals surface area contributed by atoms with Crippen LogP contribution in [0.1, 0.15) is 36.0 Å². The lowest BCUT2D eigenvalue weighted by Crippen LogP contribution is -2.45. The lowest BCUT2D eigenvalue weighted by Gasteiger charge is -2.30. The Morgan fingerprint density at radius 2 is 1.95 bits per heavy atom. The number of hydrogen-bond acceptors (Lipinski definition) is 4. The second-order valence-electron chi connectivity index (χ2n) is 5.56. The number of anilines is 1. The van der Waals surface area contributed by atoms with Crippen LogP contribution in [-0.4, -0.2) is 35.8 Å². The van der Waals surface area contributed by atoms with Crippen LogP contribution in [0.25, 0.3) is 0 Å². The van der Waals surface area contributed by atoms with Gasteiger partial charge in [-0.2, -0.15) is 5.26 Å². The van der Waals surface area contributed by atoms with E-state index in [1.807, 2.05) is 11.0 Å². The maximum atomic E-state index is 12.2. The molecule has 1 aliphatic heterocycles. The fourth-order valence-corrected chi connectivity index (χ4v) is 3.23. The molecule has 108 valence electrons. The number of fused-ring (bicyclic) bond motifs is 1. The number of carbonyl (C=O) groups is 2. The van der Waals surface area contributed by atoms with Gasteiger partial charge < -0.3 is 0 Å². The number of nitrogens with zero attached hydrogens (tertiary/aromatic N) is 3. The zero-order valence-electron chi connectivity index (χ0n) is 11.8. The monoisotopic (exact) mass is 283 g/mol. The molecular formula is C16H17N3O2. The normalized spacial score (nSPS) is 18.4. The summed E-state index contributed by atoms with van der Waals surface area (Å²) in [4.78, 5) is 27.7. The number of ketones is 1. The van der Waals surface area contributed by atoms with Gasteiger partial charge in [-0.15, -0.1) is 0 Å². The Morgan fingerprint density at radius 1 is 1.24 bits per heavy atom. The zero-order valence-corrected chi connectivity index (χ0v) is 11.8. The van der Waals surface area contributed by atoms with Crippen molar-refractivity contribution in [1.29, 1.82) is 5.26 Å². The maximum absolute atomic E-state index is 12.2. The molecule has 5 nitrogen and oxygen atoms in total. The third kappa shape index (κ3) is 2.43. The first kappa shape index (κ1) is 13.8. The van der Waals surface area contributed by atoms with E-state index in [0.29, 0.717) is 24.0 Å². The predicted molar refractivity (Wildman–Crippen MR) is 77.7 cm³/mol. The van der Waals surface area contributed by atoms with E-state index in [-0.39, 0.29) is 6.54 Å². The molecule has 1 aliphatic carbocycles. The van der Waals surface area contributed by atoms with Crippen molar-refractivity contribution in [3.8, 4) is 6.07 Å². The number of para-hydroxylation sites is 1. The number of hydrogen-bond donors (Lipinski definition) is 0. The van der Waals surface area contributed by atoms with Gasteiger partial charge in [0.05, 0.1) is 30.5 Å². The molecule has 21 heavy (non-hydrogen) atoms. The van der Waals surface area contributed by atoms with Gasteiger partial charge in [0.1, 0.15) is 0 Å². The minimum Gasteiger partial charge on any atom is -0.291 e. The SMILES string of the molecule is N#CCN(CN1C(=O)C(=O)c2ccccc21)C1CCCC1. The third-order valence-corrected chi connectivity index (χ3v) is 4.32. The molecule has 3 rings (SSSR count). The van der Waals surface area contributed by atoms with Gasteiger partial charge in [0.2, 0.25) is 0 Å². The minimum atomic E-state index is -0.489. The average molecular weight is 283 g/mol. The quantitative estimate of drug-likeness (QED) is 0.625. The molecule has 1 heterocycles. The predicted octanol–water partition coefficient (Wildman–Crippen LogP) is 1.94. The number of amides is 1. The summed E-state index contributed by atoms with van der Waals surface area (Å²) < 4.78 is 0. The van der Waals surface area contributed by atoms with Gasteiger partial charge in [0, 0.05) is 6.04 Å². The first-order valence-corrected chi connectivity index (χ1v) is 7.28. The van der Waals surface area contributed by atoms with Crippen molar-refractivity contribution in [3.05, 3.63) is 29.8 Å². The van der Waals surface area contributed by atoms with Gasteiger partial charge >= 0.3 is 5.91 Å². The summed E-state index contributed by atoms with van der Waals surface area (Å²) in [5.41, 5.74) is 1.12. The average Bonchev–Trinajstić information content (AvgIpc) is 3.11. The van der Waals surface area contributed by atoms with Gasteiger partial charge in [-0.3, -0.25) is 19.4 Å². The summed E-state index contributed by atoms with van der Waals surface area (Å²) in [6, 6.07) is 9.56. The summed E-state index contributed by atoms with van der Waals surface area (Å²) in [5.74, 6) is -0.939. The fraction of sp³-hybridized carbons (Fsp3) is 0.438. The highest BCUT2D eigenvalue weighted by atomic mass is 16.2. The molecule has 0 radical (unpaired) electrons. The highest BCUT2D eigenvalue weighted by Gasteiger charge is 2.37. The molecule has 0 aromatic heterocycles. The molecule has 2 aliphatic rings. The van der Waals surface area contributed by atoms with Crippen LogP contribution in [0.15, 0.2) is 24.3 Å². The van der Waals surface area contributed by atoms with Crippen molar-refractivity contribution in [1.82, 2.24) is 4.90 Å². The molecule has 1 saturated carbocycles. The van der Waals surface area contributed by atoms with Crippen LogP contribution in [-0.2, 0) is 4.79 Å². The largest absolute Gasteiger partial charge is 0.300 e. The highest BCUT2D eigenvalue weighted by Crippen LogP contribution is 2.30. The summed E-state index contributed by atoms with van der Waals surface area (Å²) in [6.45, 7) is 0.602. The van der Waals surface area contributed by atoms with Gasteiger partial charge in [0.15, 0.2) is 0 Å². The van der Waals surface area contributed by atoms with Crippen LogP contribution in [0.2, 0.25) is 0 Å². The van der Waals surface area contributed by atoms with Gasteiger partial charge in [-0.05, 0) is 25.0 Å². The second kappa shape index (κ2) is 5.66. The van der Waals surface area contributed by atoms with Crippen molar-refractivity contribution in [2.75, 3.05) is 18.1 Å². The number of rotatable bonds is 4. The lowest BCUT2D eigenvalue weighted by molar-refractivity contribution is -0.114. The van der Waals surface area contributed by atoms with Crippen LogP contribution in [0.5, 0.6) is 0 Å². The van der Waals surface area contributed by atoms with Gasteiger partial charge in [-0.1, -0.05) is 25.0 Å². The Morgan fingerprint density at radius 3 is 2.67 bits per heavy atom. The molecule has 0 unspecified atom stereocenters. The van der Waals surface area contributed by atoms with Crippen molar-refractivity contribution in [2.24, 2.45) is 0 Å². The number of benzene rings is 1. The summed E-state index contributed by atoms with van der Waals surface area (Å²) in [7, 11) is 0. The van der Waals surface area contributed by atoms with Crippen LogP contribution in [0.3, 0.4) is 0 Å². The molecule has 0 spiro atoms. The summed E-state index contributed by atoms with van der Waals surface area (Å²) in [5, 5.41) is 9.02. The molecule has 1 amide bonds. The maximum Gasteiger partial charge on any atom is 0.300 e. The Balaban J connectivity index is 1.84. The molecule has 0 bridgehead atoms. The lowest BCUT2D eigenvalue weighted by atomic mass is 10.1. The summed E-state index contributed by atoms with van der Waals surface area (Å²) >= 11 is 0. The van der Waals surface area contributed by atoms with Crippen LogP contribution >= 0.6 is 0 Å². The van der Waals surface area contributed by atoms with Gasteiger partial charge in [-0.25, -0.2) is 0 Å². The van der Waals surface area contributed by atoms with E-state index < -0.39 is 11.7 Å². The van der Waals surface area contributed by atoms with Crippen molar-refractivity contribution >= 4 is 17.4 Å². The van der Waals surface area contributed by atoms with E-state index in [9.17, 15) is 9.59 Å². The first-order chi connectivity index (χ1) is 10.2. The Bertz CT molecular complexity index is 614. The van der Waals surface area contributed by atoms with Gasteiger partial charge in [0.25, 0.3) is 5.78 Å². The molecule has 0 saturated heterocycles. The standard InChI is InChI=1S/C16H17N3O2/c17-9-10-18(12-5-1-2-6-12)11-19-14-8-4-3-7-13(14)15(20)16(19)21/h3-4,7-8,12H,1-2,5-6,10-11H2. The summed E-state index contributed by atoms with van der Waals surface area (Å²) in [6.07, 6.45) is 4.44.